The average molecular weight is 310 g/mol. The summed E-state index contributed by atoms with van der Waals surface area (Å²) in [5.41, 5.74) is 0. The molecule has 0 heterocycles. The average Bonchev–Trinajstić information content (AvgIpc) is 3.09. The first kappa shape index (κ1) is 13.2. The molecule has 0 saturated heterocycles. The molecule has 2 fully saturated rings. The van der Waals surface area contributed by atoms with Gasteiger partial charge in [-0.25, -0.2) is 8.78 Å². The Kier molecular flexibility index (Phi) is 4.06. The maximum atomic E-state index is 12.9. The Morgan fingerprint density at radius 1 is 1.29 bits per heavy atom. The van der Waals surface area contributed by atoms with Crippen molar-refractivity contribution in [1.29, 1.82) is 0 Å². The predicted octanol–water partition coefficient (Wildman–Crippen LogP) is 3.10. The van der Waals surface area contributed by atoms with Gasteiger partial charge in [0.05, 0.1) is 0 Å². The number of hydrogen-bond acceptors (Lipinski definition) is 1. The second-order valence-corrected chi connectivity index (χ2v) is 6.40. The number of nitrogens with one attached hydrogen (secondary N) is 1. The van der Waals surface area contributed by atoms with Gasteiger partial charge in [-0.2, -0.15) is 0 Å². The van der Waals surface area contributed by atoms with Crippen LogP contribution in [0.1, 0.15) is 38.5 Å². The molecule has 0 spiro atoms. The van der Waals surface area contributed by atoms with Crippen LogP contribution < -0.4 is 5.32 Å². The third kappa shape index (κ3) is 3.90. The molecule has 2 rings (SSSR count). The van der Waals surface area contributed by atoms with Gasteiger partial charge in [0, 0.05) is 30.1 Å². The van der Waals surface area contributed by atoms with Crippen molar-refractivity contribution in [3.05, 3.63) is 0 Å². The quantitative estimate of drug-likeness (QED) is 0.794. The van der Waals surface area contributed by atoms with Crippen LogP contribution in [0.15, 0.2) is 0 Å². The summed E-state index contributed by atoms with van der Waals surface area (Å²) in [6.07, 6.45) is 2.78. The molecule has 1 N–H and O–H groups in total. The minimum atomic E-state index is -2.55. The van der Waals surface area contributed by atoms with Gasteiger partial charge in [-0.3, -0.25) is 4.79 Å². The summed E-state index contributed by atoms with van der Waals surface area (Å²) in [6.45, 7) is 0.621. The number of alkyl halides is 3. The van der Waals surface area contributed by atoms with E-state index < -0.39 is 5.92 Å². The van der Waals surface area contributed by atoms with Crippen molar-refractivity contribution in [1.82, 2.24) is 5.32 Å². The summed E-state index contributed by atoms with van der Waals surface area (Å²) < 4.78 is 25.9. The van der Waals surface area contributed by atoms with Gasteiger partial charge < -0.3 is 5.32 Å². The van der Waals surface area contributed by atoms with E-state index in [2.05, 4.69) is 21.2 Å². The summed E-state index contributed by atoms with van der Waals surface area (Å²) in [4.78, 5) is 12.1. The van der Waals surface area contributed by atoms with Crippen LogP contribution in [0.3, 0.4) is 0 Å². The molecule has 0 bridgehead atoms. The van der Waals surface area contributed by atoms with Crippen molar-refractivity contribution in [2.45, 2.75) is 49.3 Å². The minimum Gasteiger partial charge on any atom is -0.355 e. The molecule has 5 heteroatoms. The van der Waals surface area contributed by atoms with E-state index in [1.54, 1.807) is 0 Å². The molecular formula is C12H18BrF2NO. The zero-order valence-corrected chi connectivity index (χ0v) is 11.3. The number of rotatable bonds is 4. The van der Waals surface area contributed by atoms with E-state index in [0.29, 0.717) is 30.1 Å². The van der Waals surface area contributed by atoms with Crippen molar-refractivity contribution < 1.29 is 13.6 Å². The molecule has 1 atom stereocenters. The molecule has 0 aliphatic heterocycles. The van der Waals surface area contributed by atoms with Crippen molar-refractivity contribution >= 4 is 21.8 Å². The molecule has 17 heavy (non-hydrogen) atoms. The van der Waals surface area contributed by atoms with Crippen LogP contribution in [-0.2, 0) is 4.79 Å². The Balaban J connectivity index is 1.69. The van der Waals surface area contributed by atoms with Crippen LogP contribution in [0.25, 0.3) is 0 Å². The van der Waals surface area contributed by atoms with E-state index >= 15 is 0 Å². The fourth-order valence-electron chi connectivity index (χ4n) is 2.27. The maximum absolute atomic E-state index is 12.9. The van der Waals surface area contributed by atoms with Crippen LogP contribution in [0.5, 0.6) is 0 Å². The van der Waals surface area contributed by atoms with Crippen molar-refractivity contribution in [3.63, 3.8) is 0 Å². The summed E-state index contributed by atoms with van der Waals surface area (Å²) in [5, 5.41) is 2.87. The van der Waals surface area contributed by atoms with E-state index in [4.69, 9.17) is 0 Å². The van der Waals surface area contributed by atoms with Crippen LogP contribution >= 0.6 is 15.9 Å². The normalized spacial score (nSPS) is 26.5. The van der Waals surface area contributed by atoms with E-state index in [9.17, 15) is 13.6 Å². The third-order valence-corrected chi connectivity index (χ3v) is 4.76. The second kappa shape index (κ2) is 5.21. The van der Waals surface area contributed by atoms with Crippen molar-refractivity contribution in [3.8, 4) is 0 Å². The van der Waals surface area contributed by atoms with Crippen molar-refractivity contribution in [2.24, 2.45) is 11.8 Å². The van der Waals surface area contributed by atoms with E-state index in [0.717, 1.165) is 0 Å². The standard InChI is InChI=1S/C12H18BrF2NO/c13-10(8-1-2-8)7-16-11(17)9-3-5-12(14,15)6-4-9/h8-10H,1-7H2,(H,16,17). The monoisotopic (exact) mass is 309 g/mol. The van der Waals surface area contributed by atoms with Crippen LogP contribution in [-0.4, -0.2) is 23.2 Å². The molecule has 1 amide bonds. The van der Waals surface area contributed by atoms with Gasteiger partial charge in [0.15, 0.2) is 0 Å². The van der Waals surface area contributed by atoms with E-state index in [1.165, 1.54) is 12.8 Å². The zero-order valence-electron chi connectivity index (χ0n) is 9.72. The molecule has 2 nitrogen and oxygen atoms in total. The molecule has 0 aromatic heterocycles. The molecule has 0 radical (unpaired) electrons. The highest BCUT2D eigenvalue weighted by Crippen LogP contribution is 2.37. The Bertz CT molecular complexity index is 284. The van der Waals surface area contributed by atoms with Crippen LogP contribution in [0, 0.1) is 11.8 Å². The van der Waals surface area contributed by atoms with Crippen LogP contribution in [0.2, 0.25) is 0 Å². The lowest BCUT2D eigenvalue weighted by molar-refractivity contribution is -0.129. The summed E-state index contributed by atoms with van der Waals surface area (Å²) in [5.74, 6) is -2.13. The lowest BCUT2D eigenvalue weighted by Crippen LogP contribution is -2.38. The molecule has 0 aromatic carbocycles. The number of halogens is 3. The molecular weight excluding hydrogens is 292 g/mol. The lowest BCUT2D eigenvalue weighted by atomic mass is 9.86. The summed E-state index contributed by atoms with van der Waals surface area (Å²) >= 11 is 3.54. The first-order chi connectivity index (χ1) is 7.98. The second-order valence-electron chi connectivity index (χ2n) is 5.23. The van der Waals surface area contributed by atoms with Gasteiger partial charge in [0.2, 0.25) is 11.8 Å². The Morgan fingerprint density at radius 3 is 2.41 bits per heavy atom. The van der Waals surface area contributed by atoms with Gasteiger partial charge in [-0.15, -0.1) is 0 Å². The van der Waals surface area contributed by atoms with E-state index in [-0.39, 0.29) is 24.7 Å². The largest absolute Gasteiger partial charge is 0.355 e. The predicted molar refractivity (Wildman–Crippen MR) is 65.4 cm³/mol. The van der Waals surface area contributed by atoms with Gasteiger partial charge in [0.1, 0.15) is 0 Å². The van der Waals surface area contributed by atoms with Gasteiger partial charge in [0.25, 0.3) is 0 Å². The Morgan fingerprint density at radius 2 is 1.88 bits per heavy atom. The van der Waals surface area contributed by atoms with E-state index in [1.807, 2.05) is 0 Å². The molecule has 2 aliphatic carbocycles. The number of amides is 1. The first-order valence-electron chi connectivity index (χ1n) is 6.27. The van der Waals surface area contributed by atoms with Crippen LogP contribution in [0.4, 0.5) is 8.78 Å². The molecule has 0 aromatic rings. The van der Waals surface area contributed by atoms with Gasteiger partial charge in [-0.1, -0.05) is 15.9 Å². The Labute approximate surface area is 109 Å². The highest BCUT2D eigenvalue weighted by Gasteiger charge is 2.37. The molecule has 2 aliphatic rings. The zero-order chi connectivity index (χ0) is 12.5. The fraction of sp³-hybridized carbons (Fsp3) is 0.917. The minimum absolute atomic E-state index is 0.0504. The maximum Gasteiger partial charge on any atom is 0.248 e. The molecule has 1 unspecified atom stereocenters. The lowest BCUT2D eigenvalue weighted by Gasteiger charge is -2.27. The molecule has 2 saturated carbocycles. The third-order valence-electron chi connectivity index (χ3n) is 3.69. The summed E-state index contributed by atoms with van der Waals surface area (Å²) in [7, 11) is 0. The topological polar surface area (TPSA) is 29.1 Å². The highest BCUT2D eigenvalue weighted by molar-refractivity contribution is 9.09. The highest BCUT2D eigenvalue weighted by atomic mass is 79.9. The number of carbonyl (C=O) groups is 1. The summed E-state index contributed by atoms with van der Waals surface area (Å²) in [6, 6.07) is 0. The van der Waals surface area contributed by atoms with Gasteiger partial charge >= 0.3 is 0 Å². The SMILES string of the molecule is O=C(NCC(Br)C1CC1)C1CCC(F)(F)CC1. The van der Waals surface area contributed by atoms with Gasteiger partial charge in [-0.05, 0) is 31.6 Å². The molecule has 98 valence electrons. The first-order valence-corrected chi connectivity index (χ1v) is 7.19. The number of carbonyl (C=O) groups excluding carboxylic acids is 1. The Hall–Kier alpha value is -0.190. The fourth-order valence-corrected chi connectivity index (χ4v) is 2.96. The number of hydrogen-bond donors (Lipinski definition) is 1. The smallest absolute Gasteiger partial charge is 0.248 e. The van der Waals surface area contributed by atoms with Crippen molar-refractivity contribution in [2.75, 3.05) is 6.54 Å².